The summed E-state index contributed by atoms with van der Waals surface area (Å²) in [5, 5.41) is 2.71. The van der Waals surface area contributed by atoms with E-state index in [9.17, 15) is 22.0 Å². The smallest absolute Gasteiger partial charge is 0.318 e. The van der Waals surface area contributed by atoms with Crippen LogP contribution in [0.3, 0.4) is 0 Å². The highest BCUT2D eigenvalue weighted by atomic mass is 19.4. The van der Waals surface area contributed by atoms with Crippen molar-refractivity contribution < 1.29 is 22.0 Å². The molecule has 114 valence electrons. The van der Waals surface area contributed by atoms with Gasteiger partial charge in [-0.3, -0.25) is 4.90 Å². The molecule has 1 rings (SSSR count). The van der Waals surface area contributed by atoms with Crippen LogP contribution >= 0.6 is 0 Å². The lowest BCUT2D eigenvalue weighted by Gasteiger charge is -2.24. The number of benzene rings is 1. The molecule has 1 aromatic rings. The average molecular weight is 296 g/mol. The van der Waals surface area contributed by atoms with Crippen LogP contribution in [0.5, 0.6) is 0 Å². The summed E-state index contributed by atoms with van der Waals surface area (Å²) >= 11 is 0. The van der Waals surface area contributed by atoms with Crippen LogP contribution in [0.25, 0.3) is 0 Å². The molecule has 0 atom stereocenters. The minimum Gasteiger partial charge on any atom is -0.318 e. The first-order valence-corrected chi connectivity index (χ1v) is 6.11. The van der Waals surface area contributed by atoms with Crippen molar-refractivity contribution in [2.24, 2.45) is 0 Å². The second-order valence-corrected chi connectivity index (χ2v) is 4.59. The van der Waals surface area contributed by atoms with Crippen molar-refractivity contribution in [2.75, 3.05) is 26.7 Å². The standard InChI is InChI=1S/C13H17F5N2/c1-9-3-4-11(14)10(12(9)15)7-20(6-5-19-2)8-13(16,17)18/h3-4,19H,5-8H2,1-2H3. The quantitative estimate of drug-likeness (QED) is 0.812. The summed E-state index contributed by atoms with van der Waals surface area (Å²) < 4.78 is 64.8. The van der Waals surface area contributed by atoms with Gasteiger partial charge in [-0.05, 0) is 25.6 Å². The number of alkyl halides is 3. The third kappa shape index (κ3) is 5.05. The number of nitrogens with zero attached hydrogens (tertiary/aromatic N) is 1. The van der Waals surface area contributed by atoms with Crippen LogP contribution in [0.4, 0.5) is 22.0 Å². The van der Waals surface area contributed by atoms with Gasteiger partial charge in [0.05, 0.1) is 6.54 Å². The van der Waals surface area contributed by atoms with E-state index in [1.165, 1.54) is 13.0 Å². The van der Waals surface area contributed by atoms with Gasteiger partial charge in [-0.25, -0.2) is 8.78 Å². The Hall–Kier alpha value is -1.21. The molecule has 0 aromatic heterocycles. The molecule has 0 aliphatic heterocycles. The van der Waals surface area contributed by atoms with E-state index < -0.39 is 30.9 Å². The van der Waals surface area contributed by atoms with Crippen molar-refractivity contribution in [3.8, 4) is 0 Å². The van der Waals surface area contributed by atoms with Gasteiger partial charge < -0.3 is 5.32 Å². The largest absolute Gasteiger partial charge is 0.401 e. The maximum Gasteiger partial charge on any atom is 0.401 e. The fraction of sp³-hybridized carbons (Fsp3) is 0.538. The minimum atomic E-state index is -4.41. The zero-order valence-electron chi connectivity index (χ0n) is 11.3. The third-order valence-corrected chi connectivity index (χ3v) is 2.84. The molecule has 0 unspecified atom stereocenters. The lowest BCUT2D eigenvalue weighted by Crippen LogP contribution is -2.38. The van der Waals surface area contributed by atoms with Crippen LogP contribution in [-0.4, -0.2) is 37.8 Å². The van der Waals surface area contributed by atoms with E-state index in [4.69, 9.17) is 0 Å². The van der Waals surface area contributed by atoms with Gasteiger partial charge >= 0.3 is 6.18 Å². The van der Waals surface area contributed by atoms with Crippen LogP contribution < -0.4 is 5.32 Å². The SMILES string of the molecule is CNCCN(Cc1c(F)ccc(C)c1F)CC(F)(F)F. The summed E-state index contributed by atoms with van der Waals surface area (Å²) in [6.45, 7) is 0.163. The van der Waals surface area contributed by atoms with Crippen molar-refractivity contribution in [1.29, 1.82) is 0 Å². The number of halogens is 5. The van der Waals surface area contributed by atoms with Gasteiger partial charge in [0.25, 0.3) is 0 Å². The molecule has 0 fully saturated rings. The molecular formula is C13H17F5N2. The molecule has 0 radical (unpaired) electrons. The summed E-state index contributed by atoms with van der Waals surface area (Å²) in [5.74, 6) is -1.62. The van der Waals surface area contributed by atoms with E-state index in [-0.39, 0.29) is 17.7 Å². The van der Waals surface area contributed by atoms with E-state index in [0.29, 0.717) is 6.54 Å². The Kier molecular flexibility index (Phi) is 5.88. The average Bonchev–Trinajstić information content (AvgIpc) is 2.34. The topological polar surface area (TPSA) is 15.3 Å². The van der Waals surface area contributed by atoms with Crippen LogP contribution in [0.2, 0.25) is 0 Å². The van der Waals surface area contributed by atoms with E-state index >= 15 is 0 Å². The Morgan fingerprint density at radius 1 is 1.20 bits per heavy atom. The van der Waals surface area contributed by atoms with Crippen molar-refractivity contribution in [3.05, 3.63) is 34.9 Å². The zero-order chi connectivity index (χ0) is 15.3. The molecule has 0 bridgehead atoms. The minimum absolute atomic E-state index is 0.0445. The normalized spacial score (nSPS) is 12.2. The number of hydrogen-bond acceptors (Lipinski definition) is 2. The molecule has 7 heteroatoms. The molecule has 0 saturated carbocycles. The number of hydrogen-bond donors (Lipinski definition) is 1. The first-order chi connectivity index (χ1) is 9.24. The Bertz CT molecular complexity index is 445. The van der Waals surface area contributed by atoms with Crippen molar-refractivity contribution in [1.82, 2.24) is 10.2 Å². The van der Waals surface area contributed by atoms with Gasteiger partial charge in [0.15, 0.2) is 0 Å². The van der Waals surface area contributed by atoms with Gasteiger partial charge in [-0.1, -0.05) is 6.07 Å². The molecular weight excluding hydrogens is 279 g/mol. The number of nitrogens with one attached hydrogen (secondary N) is 1. The van der Waals surface area contributed by atoms with Crippen molar-refractivity contribution in [3.63, 3.8) is 0 Å². The lowest BCUT2D eigenvalue weighted by atomic mass is 10.1. The second kappa shape index (κ2) is 6.99. The Morgan fingerprint density at radius 3 is 2.40 bits per heavy atom. The molecule has 1 N–H and O–H groups in total. The molecule has 2 nitrogen and oxygen atoms in total. The first-order valence-electron chi connectivity index (χ1n) is 6.11. The van der Waals surface area contributed by atoms with Gasteiger partial charge in [-0.2, -0.15) is 13.2 Å². The summed E-state index contributed by atoms with van der Waals surface area (Å²) in [4.78, 5) is 0.970. The monoisotopic (exact) mass is 296 g/mol. The Labute approximate surface area is 114 Å². The second-order valence-electron chi connectivity index (χ2n) is 4.59. The third-order valence-electron chi connectivity index (χ3n) is 2.84. The van der Waals surface area contributed by atoms with Crippen LogP contribution in [0, 0.1) is 18.6 Å². The maximum absolute atomic E-state index is 13.8. The zero-order valence-corrected chi connectivity index (χ0v) is 11.3. The maximum atomic E-state index is 13.8. The fourth-order valence-corrected chi connectivity index (χ4v) is 1.82. The summed E-state index contributed by atoms with van der Waals surface area (Å²) in [6, 6.07) is 2.33. The van der Waals surface area contributed by atoms with Crippen LogP contribution in [0.1, 0.15) is 11.1 Å². The van der Waals surface area contributed by atoms with E-state index in [1.807, 2.05) is 0 Å². The number of rotatable bonds is 6. The highest BCUT2D eigenvalue weighted by Crippen LogP contribution is 2.21. The molecule has 0 heterocycles. The molecule has 0 saturated heterocycles. The molecule has 0 amide bonds. The highest BCUT2D eigenvalue weighted by molar-refractivity contribution is 5.26. The summed E-state index contributed by atoms with van der Waals surface area (Å²) in [5.41, 5.74) is -0.118. The van der Waals surface area contributed by atoms with Crippen molar-refractivity contribution in [2.45, 2.75) is 19.6 Å². The van der Waals surface area contributed by atoms with Crippen molar-refractivity contribution >= 4 is 0 Å². The van der Waals surface area contributed by atoms with Gasteiger partial charge in [0.2, 0.25) is 0 Å². The van der Waals surface area contributed by atoms with Crippen LogP contribution in [0.15, 0.2) is 12.1 Å². The number of aryl methyl sites for hydroxylation is 1. The van der Waals surface area contributed by atoms with Crippen LogP contribution in [-0.2, 0) is 6.54 Å². The summed E-state index contributed by atoms with van der Waals surface area (Å²) in [6.07, 6.45) is -4.41. The van der Waals surface area contributed by atoms with Gasteiger partial charge in [-0.15, -0.1) is 0 Å². The number of likely N-dealkylation sites (N-methyl/N-ethyl adjacent to an activating group) is 1. The predicted molar refractivity (Wildman–Crippen MR) is 66.4 cm³/mol. The molecule has 0 spiro atoms. The lowest BCUT2D eigenvalue weighted by molar-refractivity contribution is -0.147. The predicted octanol–water partition coefficient (Wildman–Crippen LogP) is 2.86. The molecule has 0 aliphatic rings. The first kappa shape index (κ1) is 16.8. The molecule has 1 aromatic carbocycles. The Morgan fingerprint density at radius 2 is 1.85 bits per heavy atom. The fourth-order valence-electron chi connectivity index (χ4n) is 1.82. The van der Waals surface area contributed by atoms with Gasteiger partial charge in [0, 0.05) is 25.2 Å². The van der Waals surface area contributed by atoms with Gasteiger partial charge in [0.1, 0.15) is 11.6 Å². The molecule has 0 aliphatic carbocycles. The van der Waals surface area contributed by atoms with E-state index in [0.717, 1.165) is 11.0 Å². The Balaban J connectivity index is 2.91. The molecule has 20 heavy (non-hydrogen) atoms. The van der Waals surface area contributed by atoms with E-state index in [1.54, 1.807) is 7.05 Å². The summed E-state index contributed by atoms with van der Waals surface area (Å²) in [7, 11) is 1.60. The highest BCUT2D eigenvalue weighted by Gasteiger charge is 2.31. The van der Waals surface area contributed by atoms with E-state index in [2.05, 4.69) is 5.32 Å².